The van der Waals surface area contributed by atoms with Gasteiger partial charge in [0, 0.05) is 52.5 Å². The number of aromatic nitrogens is 3. The topological polar surface area (TPSA) is 81.4 Å². The number of anilines is 3. The van der Waals surface area contributed by atoms with Crippen LogP contribution in [0.2, 0.25) is 0 Å². The Bertz CT molecular complexity index is 1260. The highest BCUT2D eigenvalue weighted by atomic mass is 19.1. The van der Waals surface area contributed by atoms with Crippen LogP contribution in [0, 0.1) is 29.0 Å². The van der Waals surface area contributed by atoms with E-state index in [4.69, 9.17) is 20.0 Å². The zero-order valence-electron chi connectivity index (χ0n) is 20.3. The number of ether oxygens (including phenoxy) is 1. The molecular weight excluding hydrogens is 457 g/mol. The Morgan fingerprint density at radius 1 is 0.889 bits per heavy atom. The summed E-state index contributed by atoms with van der Waals surface area (Å²) in [6.45, 7) is 6.61. The van der Waals surface area contributed by atoms with Crippen LogP contribution in [0.5, 0.6) is 0 Å². The van der Waals surface area contributed by atoms with Crippen LogP contribution in [0.1, 0.15) is 25.0 Å². The highest BCUT2D eigenvalue weighted by Crippen LogP contribution is 2.35. The van der Waals surface area contributed by atoms with E-state index in [0.717, 1.165) is 77.4 Å². The standard InChI is InChI=1S/C27H30FN7O/c28-23-2-1-3-24-25(23)26(34-9-6-19(7-10-34)20-8-15-36-18-20)32-27(31-24)35-13-11-33(12-14-35)22-5-4-21(16-29)30-17-22/h1-5,17,19-20H,6-15,18H2. The number of hydrogen-bond acceptors (Lipinski definition) is 8. The van der Waals surface area contributed by atoms with Gasteiger partial charge in [0.05, 0.1) is 22.8 Å². The lowest BCUT2D eigenvalue weighted by Crippen LogP contribution is -2.47. The number of fused-ring (bicyclic) bond motifs is 1. The van der Waals surface area contributed by atoms with Gasteiger partial charge in [-0.05, 0) is 55.4 Å². The second-order valence-corrected chi connectivity index (χ2v) is 9.92. The van der Waals surface area contributed by atoms with Crippen LogP contribution in [-0.4, -0.2) is 67.4 Å². The molecule has 36 heavy (non-hydrogen) atoms. The van der Waals surface area contributed by atoms with Gasteiger partial charge in [-0.1, -0.05) is 6.07 Å². The Morgan fingerprint density at radius 2 is 1.69 bits per heavy atom. The Kier molecular flexibility index (Phi) is 6.28. The Morgan fingerprint density at radius 3 is 2.39 bits per heavy atom. The summed E-state index contributed by atoms with van der Waals surface area (Å²) in [5, 5.41) is 9.51. The molecule has 1 unspecified atom stereocenters. The van der Waals surface area contributed by atoms with Crippen LogP contribution in [-0.2, 0) is 4.74 Å². The molecule has 3 aliphatic rings. The highest BCUT2D eigenvalue weighted by Gasteiger charge is 2.31. The lowest BCUT2D eigenvalue weighted by molar-refractivity contribution is 0.164. The van der Waals surface area contributed by atoms with E-state index in [2.05, 4.69) is 25.8 Å². The molecule has 6 rings (SSSR count). The molecule has 0 bridgehead atoms. The number of benzene rings is 1. The summed E-state index contributed by atoms with van der Waals surface area (Å²) in [5.74, 6) is 2.44. The van der Waals surface area contributed by atoms with Gasteiger partial charge in [0.2, 0.25) is 5.95 Å². The molecule has 0 aliphatic carbocycles. The minimum Gasteiger partial charge on any atom is -0.381 e. The second-order valence-electron chi connectivity index (χ2n) is 9.92. The van der Waals surface area contributed by atoms with E-state index in [0.29, 0.717) is 40.2 Å². The third-order valence-corrected chi connectivity index (χ3v) is 7.90. The van der Waals surface area contributed by atoms with Crippen molar-refractivity contribution in [3.63, 3.8) is 0 Å². The van der Waals surface area contributed by atoms with Crippen molar-refractivity contribution < 1.29 is 9.13 Å². The van der Waals surface area contributed by atoms with Crippen LogP contribution >= 0.6 is 0 Å². The van der Waals surface area contributed by atoms with Gasteiger partial charge in [0.1, 0.15) is 23.4 Å². The van der Waals surface area contributed by atoms with Crippen molar-refractivity contribution in [3.8, 4) is 6.07 Å². The predicted molar refractivity (Wildman–Crippen MR) is 137 cm³/mol. The smallest absolute Gasteiger partial charge is 0.228 e. The van der Waals surface area contributed by atoms with Crippen LogP contribution in [0.3, 0.4) is 0 Å². The maximum Gasteiger partial charge on any atom is 0.228 e. The van der Waals surface area contributed by atoms with Crippen molar-refractivity contribution in [2.24, 2.45) is 11.8 Å². The summed E-state index contributed by atoms with van der Waals surface area (Å²) in [6, 6.07) is 10.9. The molecule has 0 radical (unpaired) electrons. The van der Waals surface area contributed by atoms with E-state index in [1.165, 1.54) is 6.07 Å². The SMILES string of the molecule is N#Cc1ccc(N2CCN(c3nc(N4CCC(C5CCOC5)CC4)c4c(F)cccc4n3)CC2)cn1. The van der Waals surface area contributed by atoms with Gasteiger partial charge in [-0.3, -0.25) is 0 Å². The second kappa shape index (κ2) is 9.86. The van der Waals surface area contributed by atoms with Gasteiger partial charge in [-0.2, -0.15) is 10.2 Å². The third-order valence-electron chi connectivity index (χ3n) is 7.90. The van der Waals surface area contributed by atoms with Crippen molar-refractivity contribution in [1.82, 2.24) is 15.0 Å². The molecule has 0 amide bonds. The van der Waals surface area contributed by atoms with Crippen LogP contribution in [0.4, 0.5) is 21.8 Å². The summed E-state index contributed by atoms with van der Waals surface area (Å²) in [6.07, 6.45) is 5.08. The number of nitrogens with zero attached hydrogens (tertiary/aromatic N) is 7. The van der Waals surface area contributed by atoms with E-state index < -0.39 is 0 Å². The lowest BCUT2D eigenvalue weighted by Gasteiger charge is -2.38. The number of pyridine rings is 1. The van der Waals surface area contributed by atoms with Crippen molar-refractivity contribution >= 4 is 28.4 Å². The third kappa shape index (κ3) is 4.42. The number of hydrogen-bond donors (Lipinski definition) is 0. The zero-order chi connectivity index (χ0) is 24.5. The lowest BCUT2D eigenvalue weighted by atomic mass is 9.84. The average Bonchev–Trinajstić information content (AvgIpc) is 3.48. The van der Waals surface area contributed by atoms with E-state index in [9.17, 15) is 0 Å². The molecule has 5 heterocycles. The quantitative estimate of drug-likeness (QED) is 0.552. The van der Waals surface area contributed by atoms with Gasteiger partial charge in [-0.15, -0.1) is 0 Å². The first-order chi connectivity index (χ1) is 17.7. The first-order valence-corrected chi connectivity index (χ1v) is 12.8. The molecule has 0 N–H and O–H groups in total. The summed E-state index contributed by atoms with van der Waals surface area (Å²) >= 11 is 0. The minimum absolute atomic E-state index is 0.265. The number of piperidine rings is 1. The fourth-order valence-electron chi connectivity index (χ4n) is 5.79. The molecule has 0 spiro atoms. The number of halogens is 1. The van der Waals surface area contributed by atoms with Crippen LogP contribution in [0.15, 0.2) is 36.5 Å². The summed E-state index contributed by atoms with van der Waals surface area (Å²) < 4.78 is 20.6. The van der Waals surface area contributed by atoms with Crippen molar-refractivity contribution in [2.45, 2.75) is 19.3 Å². The minimum atomic E-state index is -0.265. The molecule has 1 aromatic carbocycles. The first-order valence-electron chi connectivity index (χ1n) is 12.8. The summed E-state index contributed by atoms with van der Waals surface area (Å²) in [4.78, 5) is 20.6. The van der Waals surface area contributed by atoms with E-state index in [1.54, 1.807) is 18.3 Å². The molecule has 3 aliphatic heterocycles. The van der Waals surface area contributed by atoms with Crippen molar-refractivity contribution in [1.29, 1.82) is 5.26 Å². The number of nitriles is 1. The van der Waals surface area contributed by atoms with E-state index in [1.807, 2.05) is 12.1 Å². The molecule has 0 saturated carbocycles. The average molecular weight is 488 g/mol. The van der Waals surface area contributed by atoms with Gasteiger partial charge in [0.15, 0.2) is 0 Å². The van der Waals surface area contributed by atoms with Crippen molar-refractivity contribution in [3.05, 3.63) is 48.0 Å². The number of rotatable bonds is 4. The molecular formula is C27H30FN7O. The maximum atomic E-state index is 15.0. The molecule has 3 fully saturated rings. The van der Waals surface area contributed by atoms with Gasteiger partial charge >= 0.3 is 0 Å². The van der Waals surface area contributed by atoms with Crippen molar-refractivity contribution in [2.75, 3.05) is 67.2 Å². The van der Waals surface area contributed by atoms with E-state index in [-0.39, 0.29) is 5.82 Å². The molecule has 3 aromatic rings. The maximum absolute atomic E-state index is 15.0. The van der Waals surface area contributed by atoms with Crippen LogP contribution in [0.25, 0.3) is 10.9 Å². The molecule has 3 saturated heterocycles. The Balaban J connectivity index is 1.22. The zero-order valence-corrected chi connectivity index (χ0v) is 20.3. The fraction of sp³-hybridized carbons (Fsp3) is 0.481. The van der Waals surface area contributed by atoms with E-state index >= 15 is 4.39 Å². The van der Waals surface area contributed by atoms with Gasteiger partial charge in [-0.25, -0.2) is 14.4 Å². The predicted octanol–water partition coefficient (Wildman–Crippen LogP) is 3.62. The van der Waals surface area contributed by atoms with Gasteiger partial charge < -0.3 is 19.4 Å². The summed E-state index contributed by atoms with van der Waals surface area (Å²) in [5.41, 5.74) is 2.08. The summed E-state index contributed by atoms with van der Waals surface area (Å²) in [7, 11) is 0. The molecule has 8 nitrogen and oxygen atoms in total. The van der Waals surface area contributed by atoms with Crippen LogP contribution < -0.4 is 14.7 Å². The Hall–Kier alpha value is -3.51. The molecule has 1 atom stereocenters. The number of piperazine rings is 1. The first kappa shape index (κ1) is 22.9. The molecule has 2 aromatic heterocycles. The molecule has 9 heteroatoms. The monoisotopic (exact) mass is 487 g/mol. The normalized spacial score (nSPS) is 21.2. The fourth-order valence-corrected chi connectivity index (χ4v) is 5.79. The molecule has 186 valence electrons. The Labute approximate surface area is 210 Å². The largest absolute Gasteiger partial charge is 0.381 e. The highest BCUT2D eigenvalue weighted by molar-refractivity contribution is 5.91. The van der Waals surface area contributed by atoms with Gasteiger partial charge in [0.25, 0.3) is 0 Å².